The molecule has 154 valence electrons. The fraction of sp³-hybridized carbons (Fsp3) is 0.167. The molecule has 0 spiro atoms. The standard InChI is InChI=1S/C24H24N2O4/c1-16-7-6-8-18(13-16)25-24(28)19-9-4-5-10-20(19)26-23(27)15-17-11-12-21(29-2)22(14-17)30-3/h4-14H,15H2,1-3H3,(H,25,28)(H,26,27). The van der Waals surface area contributed by atoms with Gasteiger partial charge in [-0.2, -0.15) is 0 Å². The van der Waals surface area contributed by atoms with Gasteiger partial charge in [-0.3, -0.25) is 9.59 Å². The number of hydrogen-bond acceptors (Lipinski definition) is 4. The van der Waals surface area contributed by atoms with Crippen LogP contribution in [0.15, 0.2) is 66.7 Å². The maximum absolute atomic E-state index is 12.7. The van der Waals surface area contributed by atoms with Crippen LogP contribution in [0.25, 0.3) is 0 Å². The van der Waals surface area contributed by atoms with Crippen molar-refractivity contribution in [3.63, 3.8) is 0 Å². The van der Waals surface area contributed by atoms with Crippen LogP contribution in [0.4, 0.5) is 11.4 Å². The van der Waals surface area contributed by atoms with Crippen LogP contribution >= 0.6 is 0 Å². The van der Waals surface area contributed by atoms with E-state index in [4.69, 9.17) is 9.47 Å². The van der Waals surface area contributed by atoms with Gasteiger partial charge in [0, 0.05) is 5.69 Å². The molecule has 0 saturated heterocycles. The van der Waals surface area contributed by atoms with Crippen molar-refractivity contribution in [2.75, 3.05) is 24.9 Å². The fourth-order valence-electron chi connectivity index (χ4n) is 3.08. The van der Waals surface area contributed by atoms with Crippen LogP contribution in [0.1, 0.15) is 21.5 Å². The molecule has 30 heavy (non-hydrogen) atoms. The third kappa shape index (κ3) is 5.17. The second-order valence-corrected chi connectivity index (χ2v) is 6.78. The number of aryl methyl sites for hydroxylation is 1. The lowest BCUT2D eigenvalue weighted by molar-refractivity contribution is -0.115. The van der Waals surface area contributed by atoms with Gasteiger partial charge in [0.1, 0.15) is 0 Å². The first-order valence-corrected chi connectivity index (χ1v) is 9.48. The van der Waals surface area contributed by atoms with E-state index in [1.807, 2.05) is 31.2 Å². The summed E-state index contributed by atoms with van der Waals surface area (Å²) in [6.07, 6.45) is 0.133. The maximum atomic E-state index is 12.7. The van der Waals surface area contributed by atoms with E-state index in [2.05, 4.69) is 10.6 Å². The van der Waals surface area contributed by atoms with Crippen molar-refractivity contribution in [3.05, 3.63) is 83.4 Å². The van der Waals surface area contributed by atoms with Crippen LogP contribution < -0.4 is 20.1 Å². The SMILES string of the molecule is COc1ccc(CC(=O)Nc2ccccc2C(=O)Nc2cccc(C)c2)cc1OC. The maximum Gasteiger partial charge on any atom is 0.257 e. The highest BCUT2D eigenvalue weighted by molar-refractivity contribution is 6.10. The zero-order valence-corrected chi connectivity index (χ0v) is 17.2. The van der Waals surface area contributed by atoms with Crippen LogP contribution in [0, 0.1) is 6.92 Å². The third-order valence-corrected chi connectivity index (χ3v) is 4.53. The van der Waals surface area contributed by atoms with Gasteiger partial charge >= 0.3 is 0 Å². The number of nitrogens with one attached hydrogen (secondary N) is 2. The Hall–Kier alpha value is -3.80. The van der Waals surface area contributed by atoms with Gasteiger partial charge in [-0.25, -0.2) is 0 Å². The first-order chi connectivity index (χ1) is 14.5. The van der Waals surface area contributed by atoms with Crippen molar-refractivity contribution >= 4 is 23.2 Å². The lowest BCUT2D eigenvalue weighted by Crippen LogP contribution is -2.19. The number of rotatable bonds is 7. The average Bonchev–Trinajstić information content (AvgIpc) is 2.74. The molecule has 6 heteroatoms. The number of benzene rings is 3. The quantitative estimate of drug-likeness (QED) is 0.610. The van der Waals surface area contributed by atoms with Crippen molar-refractivity contribution in [3.8, 4) is 11.5 Å². The summed E-state index contributed by atoms with van der Waals surface area (Å²) in [4.78, 5) is 25.3. The molecule has 0 aliphatic rings. The lowest BCUT2D eigenvalue weighted by atomic mass is 10.1. The second-order valence-electron chi connectivity index (χ2n) is 6.78. The van der Waals surface area contributed by atoms with Gasteiger partial charge in [-0.15, -0.1) is 0 Å². The monoisotopic (exact) mass is 404 g/mol. The molecule has 0 radical (unpaired) electrons. The van der Waals surface area contributed by atoms with E-state index in [-0.39, 0.29) is 18.2 Å². The Morgan fingerprint density at radius 2 is 1.60 bits per heavy atom. The number of amides is 2. The van der Waals surface area contributed by atoms with E-state index in [1.165, 1.54) is 0 Å². The smallest absolute Gasteiger partial charge is 0.257 e. The highest BCUT2D eigenvalue weighted by atomic mass is 16.5. The molecule has 0 atom stereocenters. The molecule has 0 heterocycles. The van der Waals surface area contributed by atoms with Gasteiger partial charge in [0.05, 0.1) is 31.9 Å². The van der Waals surface area contributed by atoms with Crippen molar-refractivity contribution in [1.82, 2.24) is 0 Å². The van der Waals surface area contributed by atoms with Crippen LogP contribution in [-0.4, -0.2) is 26.0 Å². The third-order valence-electron chi connectivity index (χ3n) is 4.53. The van der Waals surface area contributed by atoms with E-state index < -0.39 is 0 Å². The summed E-state index contributed by atoms with van der Waals surface area (Å²) in [5.74, 6) is 0.626. The summed E-state index contributed by atoms with van der Waals surface area (Å²) in [6, 6.07) is 19.8. The predicted molar refractivity (Wildman–Crippen MR) is 117 cm³/mol. The molecule has 0 bridgehead atoms. The van der Waals surface area contributed by atoms with Gasteiger partial charge in [0.25, 0.3) is 5.91 Å². The fourth-order valence-corrected chi connectivity index (χ4v) is 3.08. The summed E-state index contributed by atoms with van der Waals surface area (Å²) < 4.78 is 10.5. The number of methoxy groups -OCH3 is 2. The molecule has 3 aromatic rings. The number of ether oxygens (including phenoxy) is 2. The van der Waals surface area contributed by atoms with Gasteiger partial charge < -0.3 is 20.1 Å². The molecule has 0 unspecified atom stereocenters. The largest absolute Gasteiger partial charge is 0.493 e. The van der Waals surface area contributed by atoms with Crippen molar-refractivity contribution in [1.29, 1.82) is 0 Å². The minimum atomic E-state index is -0.289. The Bertz CT molecular complexity index is 1060. The summed E-state index contributed by atoms with van der Waals surface area (Å²) >= 11 is 0. The van der Waals surface area contributed by atoms with Crippen LogP contribution in [-0.2, 0) is 11.2 Å². The van der Waals surface area contributed by atoms with Gasteiger partial charge in [0.15, 0.2) is 11.5 Å². The van der Waals surface area contributed by atoms with Crippen LogP contribution in [0.3, 0.4) is 0 Å². The Labute approximate surface area is 175 Å². The molecule has 2 N–H and O–H groups in total. The summed E-state index contributed by atoms with van der Waals surface area (Å²) in [6.45, 7) is 1.96. The van der Waals surface area contributed by atoms with E-state index in [1.54, 1.807) is 56.7 Å². The zero-order chi connectivity index (χ0) is 21.5. The van der Waals surface area contributed by atoms with Crippen molar-refractivity contribution in [2.24, 2.45) is 0 Å². The topological polar surface area (TPSA) is 76.7 Å². The molecular weight excluding hydrogens is 380 g/mol. The summed E-state index contributed by atoms with van der Waals surface area (Å²) in [7, 11) is 3.10. The summed E-state index contributed by atoms with van der Waals surface area (Å²) in [5.41, 5.74) is 3.36. The molecule has 0 saturated carbocycles. The molecule has 0 aliphatic carbocycles. The minimum absolute atomic E-state index is 0.133. The van der Waals surface area contributed by atoms with E-state index in [9.17, 15) is 9.59 Å². The molecule has 6 nitrogen and oxygen atoms in total. The highest BCUT2D eigenvalue weighted by Gasteiger charge is 2.14. The summed E-state index contributed by atoms with van der Waals surface area (Å²) in [5, 5.41) is 5.70. The Morgan fingerprint density at radius 1 is 0.833 bits per heavy atom. The second kappa shape index (κ2) is 9.60. The Kier molecular flexibility index (Phi) is 6.70. The van der Waals surface area contributed by atoms with Crippen LogP contribution in [0.2, 0.25) is 0 Å². The predicted octanol–water partition coefficient (Wildman–Crippen LogP) is 4.45. The molecule has 2 amide bonds. The van der Waals surface area contributed by atoms with Crippen LogP contribution in [0.5, 0.6) is 11.5 Å². The number of para-hydroxylation sites is 1. The Balaban J connectivity index is 1.72. The van der Waals surface area contributed by atoms with Crippen molar-refractivity contribution in [2.45, 2.75) is 13.3 Å². The number of carbonyl (C=O) groups is 2. The molecule has 0 fully saturated rings. The van der Waals surface area contributed by atoms with E-state index in [0.717, 1.165) is 11.1 Å². The van der Waals surface area contributed by atoms with E-state index in [0.29, 0.717) is 28.4 Å². The van der Waals surface area contributed by atoms with Gasteiger partial charge in [0.2, 0.25) is 5.91 Å². The molecule has 0 aliphatic heterocycles. The highest BCUT2D eigenvalue weighted by Crippen LogP contribution is 2.28. The first kappa shape index (κ1) is 20.9. The average molecular weight is 404 g/mol. The van der Waals surface area contributed by atoms with E-state index >= 15 is 0 Å². The molecular formula is C24H24N2O4. The van der Waals surface area contributed by atoms with Crippen molar-refractivity contribution < 1.29 is 19.1 Å². The first-order valence-electron chi connectivity index (χ1n) is 9.48. The zero-order valence-electron chi connectivity index (χ0n) is 17.2. The molecule has 0 aromatic heterocycles. The molecule has 3 rings (SSSR count). The minimum Gasteiger partial charge on any atom is -0.493 e. The van der Waals surface area contributed by atoms with Gasteiger partial charge in [-0.05, 0) is 54.4 Å². The number of carbonyl (C=O) groups excluding carboxylic acids is 2. The lowest BCUT2D eigenvalue weighted by Gasteiger charge is -2.13. The van der Waals surface area contributed by atoms with Gasteiger partial charge in [-0.1, -0.05) is 30.3 Å². The normalized spacial score (nSPS) is 10.2. The molecule has 3 aromatic carbocycles. The Morgan fingerprint density at radius 3 is 2.33 bits per heavy atom. The number of hydrogen-bond donors (Lipinski definition) is 2. The number of anilines is 2.